The van der Waals surface area contributed by atoms with Gasteiger partial charge in [0.1, 0.15) is 6.54 Å². The molecule has 0 spiro atoms. The van der Waals surface area contributed by atoms with Gasteiger partial charge < -0.3 is 15.5 Å². The number of rotatable bonds is 5. The zero-order valence-corrected chi connectivity index (χ0v) is 17.4. The fourth-order valence-electron chi connectivity index (χ4n) is 3.81. The molecule has 0 bridgehead atoms. The summed E-state index contributed by atoms with van der Waals surface area (Å²) in [5.41, 5.74) is 0. The molecule has 0 radical (unpaired) electrons. The van der Waals surface area contributed by atoms with Crippen LogP contribution in [0.5, 0.6) is 0 Å². The third-order valence-electron chi connectivity index (χ3n) is 5.17. The van der Waals surface area contributed by atoms with E-state index in [0.717, 1.165) is 17.8 Å². The number of likely N-dealkylation sites (N-methyl/N-ethyl adjacent to an activating group) is 1. The van der Waals surface area contributed by atoms with Gasteiger partial charge in [-0.15, -0.1) is 30.6 Å². The largest absolute Gasteiger partial charge is 0.354 e. The zero-order valence-electron chi connectivity index (χ0n) is 15.1. The lowest BCUT2D eigenvalue weighted by molar-refractivity contribution is -0.127. The molecule has 0 aromatic carbocycles. The number of amides is 1. The first kappa shape index (κ1) is 21.3. The molecule has 2 aliphatic rings. The fraction of sp³-hybridized carbons (Fsp3) is 0.778. The molecule has 0 heterocycles. The third-order valence-corrected chi connectivity index (χ3v) is 5.17. The van der Waals surface area contributed by atoms with Crippen molar-refractivity contribution in [1.29, 1.82) is 0 Å². The minimum Gasteiger partial charge on any atom is -0.354 e. The Hall–Kier alpha value is -0.790. The first-order valence-corrected chi connectivity index (χ1v) is 8.96. The number of carbonyl (C=O) groups is 1. The summed E-state index contributed by atoms with van der Waals surface area (Å²) in [6.45, 7) is 4.57. The van der Waals surface area contributed by atoms with Gasteiger partial charge in [-0.05, 0) is 31.1 Å². The molecule has 5 nitrogen and oxygen atoms in total. The van der Waals surface area contributed by atoms with Crippen LogP contribution in [0.2, 0.25) is 0 Å². The van der Waals surface area contributed by atoms with Crippen LogP contribution in [0, 0.1) is 11.8 Å². The molecule has 2 aliphatic carbocycles. The van der Waals surface area contributed by atoms with Crippen LogP contribution in [0.4, 0.5) is 0 Å². The maximum atomic E-state index is 11.7. The third kappa shape index (κ3) is 6.61. The summed E-state index contributed by atoms with van der Waals surface area (Å²) in [4.78, 5) is 17.8. The first-order chi connectivity index (χ1) is 11.1. The average molecular weight is 448 g/mol. The van der Waals surface area contributed by atoms with Crippen LogP contribution < -0.4 is 10.6 Å². The number of hydrogen-bond donors (Lipinski definition) is 2. The standard InChI is InChI=1S/C18H32N4O.HI/c1-4-11-19-18(20-13-17(23)22(2)3)21-16-10-9-14-7-5-6-8-15(14)12-16;/h4,14-16H,1,5-13H2,2-3H3,(H2,19,20,21);1H. The molecule has 2 saturated carbocycles. The zero-order chi connectivity index (χ0) is 16.7. The summed E-state index contributed by atoms with van der Waals surface area (Å²) in [7, 11) is 3.51. The van der Waals surface area contributed by atoms with Gasteiger partial charge in [-0.25, -0.2) is 4.99 Å². The van der Waals surface area contributed by atoms with Crippen molar-refractivity contribution in [2.45, 2.75) is 51.0 Å². The van der Waals surface area contributed by atoms with Gasteiger partial charge in [-0.2, -0.15) is 0 Å². The highest BCUT2D eigenvalue weighted by Gasteiger charge is 2.32. The van der Waals surface area contributed by atoms with Crippen molar-refractivity contribution < 1.29 is 4.79 Å². The Morgan fingerprint density at radius 2 is 1.92 bits per heavy atom. The molecule has 0 saturated heterocycles. The summed E-state index contributed by atoms with van der Waals surface area (Å²) < 4.78 is 0. The van der Waals surface area contributed by atoms with E-state index in [0.29, 0.717) is 12.6 Å². The summed E-state index contributed by atoms with van der Waals surface area (Å²) in [6, 6.07) is 0.472. The number of aliphatic imine (C=N–C) groups is 1. The maximum absolute atomic E-state index is 11.7. The number of nitrogens with one attached hydrogen (secondary N) is 2. The van der Waals surface area contributed by atoms with Crippen LogP contribution in [0.3, 0.4) is 0 Å². The second-order valence-electron chi connectivity index (χ2n) is 7.08. The highest BCUT2D eigenvalue weighted by Crippen LogP contribution is 2.40. The minimum atomic E-state index is 0. The van der Waals surface area contributed by atoms with E-state index in [9.17, 15) is 4.79 Å². The Labute approximate surface area is 163 Å². The van der Waals surface area contributed by atoms with E-state index in [2.05, 4.69) is 22.2 Å². The van der Waals surface area contributed by atoms with Gasteiger partial charge in [0.05, 0.1) is 0 Å². The molecule has 24 heavy (non-hydrogen) atoms. The molecular weight excluding hydrogens is 415 g/mol. The normalized spacial score (nSPS) is 26.6. The lowest BCUT2D eigenvalue weighted by atomic mass is 9.69. The highest BCUT2D eigenvalue weighted by atomic mass is 127. The Balaban J connectivity index is 0.00000288. The SMILES string of the molecule is C=CCNC(=NCC(=O)N(C)C)NC1CCC2CCCCC2C1.I. The molecule has 138 valence electrons. The van der Waals surface area contributed by atoms with E-state index in [4.69, 9.17) is 0 Å². The van der Waals surface area contributed by atoms with Gasteiger partial charge in [0.15, 0.2) is 5.96 Å². The van der Waals surface area contributed by atoms with Crippen LogP contribution in [0.1, 0.15) is 44.9 Å². The van der Waals surface area contributed by atoms with E-state index in [1.54, 1.807) is 19.0 Å². The predicted molar refractivity (Wildman–Crippen MR) is 111 cm³/mol. The second-order valence-corrected chi connectivity index (χ2v) is 7.08. The molecule has 0 aromatic heterocycles. The topological polar surface area (TPSA) is 56.7 Å². The van der Waals surface area contributed by atoms with Crippen LogP contribution in [-0.4, -0.2) is 50.0 Å². The van der Waals surface area contributed by atoms with E-state index in [-0.39, 0.29) is 36.4 Å². The number of fused-ring (bicyclic) bond motifs is 1. The molecule has 1 amide bonds. The van der Waals surface area contributed by atoms with Crippen LogP contribution in [0.25, 0.3) is 0 Å². The van der Waals surface area contributed by atoms with E-state index < -0.39 is 0 Å². The van der Waals surface area contributed by atoms with E-state index in [1.165, 1.54) is 44.9 Å². The Kier molecular flexibility index (Phi) is 9.69. The molecule has 0 aromatic rings. The molecule has 2 N–H and O–H groups in total. The summed E-state index contributed by atoms with van der Waals surface area (Å²) in [5, 5.41) is 6.77. The van der Waals surface area contributed by atoms with Crippen molar-refractivity contribution in [3.8, 4) is 0 Å². The predicted octanol–water partition coefficient (Wildman–Crippen LogP) is 2.77. The van der Waals surface area contributed by atoms with Gasteiger partial charge in [0, 0.05) is 26.7 Å². The van der Waals surface area contributed by atoms with Crippen molar-refractivity contribution in [1.82, 2.24) is 15.5 Å². The summed E-state index contributed by atoms with van der Waals surface area (Å²) in [5.74, 6) is 2.57. The molecule has 0 aliphatic heterocycles. The highest BCUT2D eigenvalue weighted by molar-refractivity contribution is 14.0. The van der Waals surface area contributed by atoms with Crippen molar-refractivity contribution in [3.63, 3.8) is 0 Å². The van der Waals surface area contributed by atoms with Crippen LogP contribution in [-0.2, 0) is 4.79 Å². The van der Waals surface area contributed by atoms with Gasteiger partial charge >= 0.3 is 0 Å². The van der Waals surface area contributed by atoms with Gasteiger partial charge in [-0.1, -0.05) is 31.8 Å². The molecule has 6 heteroatoms. The average Bonchev–Trinajstić information content (AvgIpc) is 2.56. The van der Waals surface area contributed by atoms with Crippen molar-refractivity contribution in [2.75, 3.05) is 27.2 Å². The number of carbonyl (C=O) groups excluding carboxylic acids is 1. The molecule has 3 unspecified atom stereocenters. The van der Waals surface area contributed by atoms with Crippen molar-refractivity contribution in [3.05, 3.63) is 12.7 Å². The monoisotopic (exact) mass is 448 g/mol. The quantitative estimate of drug-likeness (QED) is 0.294. The summed E-state index contributed by atoms with van der Waals surface area (Å²) in [6.07, 6.45) is 11.2. The van der Waals surface area contributed by atoms with Crippen LogP contribution >= 0.6 is 24.0 Å². The smallest absolute Gasteiger partial charge is 0.243 e. The van der Waals surface area contributed by atoms with Gasteiger partial charge in [0.2, 0.25) is 5.91 Å². The van der Waals surface area contributed by atoms with Crippen LogP contribution in [0.15, 0.2) is 17.6 Å². The number of nitrogens with zero attached hydrogens (tertiary/aromatic N) is 2. The minimum absolute atomic E-state index is 0. The summed E-state index contributed by atoms with van der Waals surface area (Å²) >= 11 is 0. The van der Waals surface area contributed by atoms with E-state index >= 15 is 0 Å². The molecular formula is C18H33IN4O. The maximum Gasteiger partial charge on any atom is 0.243 e. The van der Waals surface area contributed by atoms with Gasteiger partial charge in [0.25, 0.3) is 0 Å². The second kappa shape index (κ2) is 10.9. The number of guanidine groups is 1. The number of hydrogen-bond acceptors (Lipinski definition) is 2. The Morgan fingerprint density at radius 1 is 1.21 bits per heavy atom. The number of halogens is 1. The van der Waals surface area contributed by atoms with Crippen molar-refractivity contribution >= 4 is 35.8 Å². The molecule has 3 atom stereocenters. The Morgan fingerprint density at radius 3 is 2.58 bits per heavy atom. The fourth-order valence-corrected chi connectivity index (χ4v) is 3.81. The molecule has 2 rings (SSSR count). The lowest BCUT2D eigenvalue weighted by Gasteiger charge is -2.39. The Bertz CT molecular complexity index is 439. The first-order valence-electron chi connectivity index (χ1n) is 8.96. The van der Waals surface area contributed by atoms with E-state index in [1.807, 2.05) is 6.08 Å². The lowest BCUT2D eigenvalue weighted by Crippen LogP contribution is -2.47. The molecule has 2 fully saturated rings. The van der Waals surface area contributed by atoms with Gasteiger partial charge in [-0.3, -0.25) is 4.79 Å². The van der Waals surface area contributed by atoms with Crippen molar-refractivity contribution in [2.24, 2.45) is 16.8 Å².